The molecule has 0 radical (unpaired) electrons. The molecular weight excluding hydrogens is 242 g/mol. The highest BCUT2D eigenvalue weighted by molar-refractivity contribution is 8.93. The molecule has 0 aliphatic carbocycles. The third kappa shape index (κ3) is 2.87. The molecule has 0 aromatic rings. The van der Waals surface area contributed by atoms with Crippen molar-refractivity contribution in [2.75, 3.05) is 26.3 Å². The van der Waals surface area contributed by atoms with Gasteiger partial charge in [-0.15, -0.1) is 17.0 Å². The molecule has 1 saturated heterocycles. The summed E-state index contributed by atoms with van der Waals surface area (Å²) in [4.78, 5) is 1.68. The van der Waals surface area contributed by atoms with Crippen LogP contribution >= 0.6 is 17.0 Å². The molecule has 80 valence electrons. The van der Waals surface area contributed by atoms with Gasteiger partial charge < -0.3 is 20.4 Å². The van der Waals surface area contributed by atoms with E-state index in [0.29, 0.717) is 13.1 Å². The van der Waals surface area contributed by atoms with Crippen LogP contribution in [-0.4, -0.2) is 69.9 Å². The standard InChI is InChI=1S/C7H15NO4.BrH/c9-2-1-8-3-6(11)7(12)5(8)4-10;/h5-7,9-12H,1-4H2;1H. The summed E-state index contributed by atoms with van der Waals surface area (Å²) in [5, 5.41) is 36.0. The largest absolute Gasteiger partial charge is 0.395 e. The van der Waals surface area contributed by atoms with Crippen LogP contribution in [0.5, 0.6) is 0 Å². The average molecular weight is 258 g/mol. The Morgan fingerprint density at radius 2 is 1.85 bits per heavy atom. The molecule has 0 amide bonds. The van der Waals surface area contributed by atoms with Crippen LogP contribution in [0, 0.1) is 0 Å². The summed E-state index contributed by atoms with van der Waals surface area (Å²) < 4.78 is 0. The monoisotopic (exact) mass is 257 g/mol. The van der Waals surface area contributed by atoms with Gasteiger partial charge in [-0.1, -0.05) is 0 Å². The Morgan fingerprint density at radius 1 is 1.23 bits per heavy atom. The third-order valence-electron chi connectivity index (χ3n) is 2.25. The minimum atomic E-state index is -0.901. The van der Waals surface area contributed by atoms with E-state index < -0.39 is 18.2 Å². The van der Waals surface area contributed by atoms with Gasteiger partial charge >= 0.3 is 0 Å². The number of rotatable bonds is 3. The lowest BCUT2D eigenvalue weighted by Crippen LogP contribution is -2.40. The van der Waals surface area contributed by atoms with Crippen LogP contribution in [-0.2, 0) is 0 Å². The van der Waals surface area contributed by atoms with Crippen molar-refractivity contribution >= 4 is 17.0 Å². The van der Waals surface area contributed by atoms with Crippen LogP contribution in [0.2, 0.25) is 0 Å². The van der Waals surface area contributed by atoms with Crippen LogP contribution in [0.25, 0.3) is 0 Å². The van der Waals surface area contributed by atoms with Crippen LogP contribution in [0.15, 0.2) is 0 Å². The van der Waals surface area contributed by atoms with Gasteiger partial charge in [-0.25, -0.2) is 0 Å². The molecule has 0 aromatic heterocycles. The molecule has 5 nitrogen and oxygen atoms in total. The van der Waals surface area contributed by atoms with Crippen LogP contribution < -0.4 is 0 Å². The van der Waals surface area contributed by atoms with E-state index in [1.54, 1.807) is 4.90 Å². The molecule has 0 bridgehead atoms. The van der Waals surface area contributed by atoms with Gasteiger partial charge in [0.1, 0.15) is 0 Å². The molecule has 4 N–H and O–H groups in total. The zero-order valence-corrected chi connectivity index (χ0v) is 8.92. The Balaban J connectivity index is 0.00000144. The van der Waals surface area contributed by atoms with Gasteiger partial charge in [0.05, 0.1) is 31.5 Å². The van der Waals surface area contributed by atoms with Crippen molar-refractivity contribution in [1.29, 1.82) is 0 Å². The predicted molar refractivity (Wildman–Crippen MR) is 51.9 cm³/mol. The molecule has 0 saturated carbocycles. The lowest BCUT2D eigenvalue weighted by molar-refractivity contribution is 0.0204. The molecular formula is C7H16BrNO4. The van der Waals surface area contributed by atoms with Crippen molar-refractivity contribution in [2.24, 2.45) is 0 Å². The van der Waals surface area contributed by atoms with Crippen molar-refractivity contribution in [3.05, 3.63) is 0 Å². The smallest absolute Gasteiger partial charge is 0.0988 e. The molecule has 0 aromatic carbocycles. The van der Waals surface area contributed by atoms with Gasteiger partial charge in [0.2, 0.25) is 0 Å². The molecule has 1 rings (SSSR count). The number of likely N-dealkylation sites (tertiary alicyclic amines) is 1. The summed E-state index contributed by atoms with van der Waals surface area (Å²) in [5.74, 6) is 0. The number of hydrogen-bond donors (Lipinski definition) is 4. The summed E-state index contributed by atoms with van der Waals surface area (Å²) in [5.41, 5.74) is 0. The van der Waals surface area contributed by atoms with Crippen molar-refractivity contribution in [1.82, 2.24) is 4.90 Å². The number of β-amino-alcohol motifs (C(OH)–C–C–N with tert-alkyl or cyclic N) is 2. The van der Waals surface area contributed by atoms with Crippen LogP contribution in [0.1, 0.15) is 0 Å². The molecule has 1 fully saturated rings. The maximum absolute atomic E-state index is 9.32. The minimum Gasteiger partial charge on any atom is -0.395 e. The van der Waals surface area contributed by atoms with E-state index in [1.807, 2.05) is 0 Å². The van der Waals surface area contributed by atoms with Gasteiger partial charge in [0.15, 0.2) is 0 Å². The number of nitrogens with zero attached hydrogens (tertiary/aromatic N) is 1. The summed E-state index contributed by atoms with van der Waals surface area (Å²) in [7, 11) is 0. The maximum Gasteiger partial charge on any atom is 0.0988 e. The lowest BCUT2D eigenvalue weighted by atomic mass is 10.1. The normalized spacial score (nSPS) is 34.6. The first-order valence-electron chi connectivity index (χ1n) is 4.02. The third-order valence-corrected chi connectivity index (χ3v) is 2.25. The molecule has 1 heterocycles. The predicted octanol–water partition coefficient (Wildman–Crippen LogP) is -2.05. The molecule has 3 unspecified atom stereocenters. The number of aliphatic hydroxyl groups is 4. The number of halogens is 1. The average Bonchev–Trinajstić information content (AvgIpc) is 2.29. The Morgan fingerprint density at radius 3 is 2.31 bits per heavy atom. The van der Waals surface area contributed by atoms with E-state index in [-0.39, 0.29) is 30.2 Å². The highest BCUT2D eigenvalue weighted by Gasteiger charge is 2.38. The minimum absolute atomic E-state index is 0. The highest BCUT2D eigenvalue weighted by Crippen LogP contribution is 2.17. The first kappa shape index (κ1) is 13.3. The van der Waals surface area contributed by atoms with E-state index in [9.17, 15) is 10.2 Å². The summed E-state index contributed by atoms with van der Waals surface area (Å²) in [6.45, 7) is 0.459. The Bertz CT molecular complexity index is 148. The SMILES string of the molecule is Br.OCCN1CC(O)C(O)C1CO. The maximum atomic E-state index is 9.32. The lowest BCUT2D eigenvalue weighted by Gasteiger charge is -2.22. The summed E-state index contributed by atoms with van der Waals surface area (Å²) in [6.07, 6.45) is -1.71. The molecule has 1 aliphatic rings. The molecule has 1 aliphatic heterocycles. The zero-order valence-electron chi connectivity index (χ0n) is 7.20. The van der Waals surface area contributed by atoms with Gasteiger partial charge in [-0.2, -0.15) is 0 Å². The quantitative estimate of drug-likeness (QED) is 0.468. The van der Waals surface area contributed by atoms with Crippen LogP contribution in [0.3, 0.4) is 0 Å². The fraction of sp³-hybridized carbons (Fsp3) is 1.00. The fourth-order valence-corrected chi connectivity index (χ4v) is 1.57. The van der Waals surface area contributed by atoms with Crippen molar-refractivity contribution in [2.45, 2.75) is 18.2 Å². The van der Waals surface area contributed by atoms with E-state index in [0.717, 1.165) is 0 Å². The van der Waals surface area contributed by atoms with Crippen molar-refractivity contribution in [3.63, 3.8) is 0 Å². The van der Waals surface area contributed by atoms with E-state index in [1.165, 1.54) is 0 Å². The van der Waals surface area contributed by atoms with Crippen LogP contribution in [0.4, 0.5) is 0 Å². The molecule has 6 heteroatoms. The molecule has 13 heavy (non-hydrogen) atoms. The summed E-state index contributed by atoms with van der Waals surface area (Å²) in [6, 6.07) is -0.438. The molecule has 3 atom stereocenters. The van der Waals surface area contributed by atoms with Gasteiger partial charge in [-0.05, 0) is 0 Å². The summed E-state index contributed by atoms with van der Waals surface area (Å²) >= 11 is 0. The second-order valence-corrected chi connectivity index (χ2v) is 3.03. The second kappa shape index (κ2) is 5.90. The topological polar surface area (TPSA) is 84.2 Å². The van der Waals surface area contributed by atoms with Gasteiger partial charge in [0.25, 0.3) is 0 Å². The van der Waals surface area contributed by atoms with Crippen molar-refractivity contribution in [3.8, 4) is 0 Å². The number of aliphatic hydroxyl groups excluding tert-OH is 4. The van der Waals surface area contributed by atoms with E-state index in [2.05, 4.69) is 0 Å². The van der Waals surface area contributed by atoms with E-state index >= 15 is 0 Å². The Kier molecular flexibility index (Phi) is 6.02. The fourth-order valence-electron chi connectivity index (χ4n) is 1.57. The zero-order chi connectivity index (χ0) is 9.14. The number of hydrogen-bond acceptors (Lipinski definition) is 5. The van der Waals surface area contributed by atoms with Crippen molar-refractivity contribution < 1.29 is 20.4 Å². The first-order valence-corrected chi connectivity index (χ1v) is 4.02. The van der Waals surface area contributed by atoms with Gasteiger partial charge in [0, 0.05) is 13.1 Å². The Labute approximate surface area is 87.4 Å². The highest BCUT2D eigenvalue weighted by atomic mass is 79.9. The Hall–Kier alpha value is 0.280. The van der Waals surface area contributed by atoms with E-state index in [4.69, 9.17) is 10.2 Å². The van der Waals surface area contributed by atoms with Gasteiger partial charge in [-0.3, -0.25) is 4.90 Å². The second-order valence-electron chi connectivity index (χ2n) is 3.03. The first-order chi connectivity index (χ1) is 5.70. The molecule has 0 spiro atoms.